The second kappa shape index (κ2) is 34.4. The first-order valence-corrected chi connectivity index (χ1v) is 18.4. The predicted molar refractivity (Wildman–Crippen MR) is 180 cm³/mol. The van der Waals surface area contributed by atoms with Gasteiger partial charge in [-0.05, 0) is 51.5 Å². The van der Waals surface area contributed by atoms with E-state index in [-0.39, 0.29) is 0 Å². The molecule has 0 aliphatic rings. The Hall–Kier alpha value is -0.830. The number of carbonyl (C=O) groups excluding carboxylic acids is 1. The molecule has 0 aromatic rings. The first-order chi connectivity index (χ1) is 19.8. The van der Waals surface area contributed by atoms with Gasteiger partial charge in [-0.1, -0.05) is 161 Å². The molecule has 0 saturated heterocycles. The normalized spacial score (nSPS) is 11.6. The van der Waals surface area contributed by atoms with Gasteiger partial charge in [-0.3, -0.25) is 4.79 Å². The zero-order valence-corrected chi connectivity index (χ0v) is 27.7. The van der Waals surface area contributed by atoms with Gasteiger partial charge in [0.2, 0.25) is 5.91 Å². The largest absolute Gasteiger partial charge is 0.343 e. The molecule has 1 amide bonds. The summed E-state index contributed by atoms with van der Waals surface area (Å²) >= 11 is 0. The van der Waals surface area contributed by atoms with Gasteiger partial charge in [-0.2, -0.15) is 0 Å². The molecule has 0 radical (unpaired) electrons. The summed E-state index contributed by atoms with van der Waals surface area (Å²) in [6.45, 7) is 7.02. The first-order valence-electron chi connectivity index (χ1n) is 18.4. The first kappa shape index (κ1) is 39.2. The van der Waals surface area contributed by atoms with Crippen LogP contribution in [-0.4, -0.2) is 30.4 Å². The van der Waals surface area contributed by atoms with Crippen molar-refractivity contribution in [2.75, 3.05) is 19.6 Å². The smallest absolute Gasteiger partial charge is 0.222 e. The van der Waals surface area contributed by atoms with Crippen molar-refractivity contribution in [1.82, 2.24) is 4.90 Å². The highest BCUT2D eigenvalue weighted by atomic mass is 16.2. The number of nitrogens with zero attached hydrogens (tertiary/aromatic N) is 1. The van der Waals surface area contributed by atoms with Crippen molar-refractivity contribution in [2.45, 2.75) is 200 Å². The van der Waals surface area contributed by atoms with Crippen LogP contribution in [0.3, 0.4) is 0 Å². The SMILES string of the molecule is CCCCCCCC/C=C\CCCCCCCCN(CCCN)C(=O)CCCCCCCCCCCCCCC. The topological polar surface area (TPSA) is 46.3 Å². The fourth-order valence-electron chi connectivity index (χ4n) is 5.65. The number of allylic oxidation sites excluding steroid dienone is 2. The van der Waals surface area contributed by atoms with E-state index in [9.17, 15) is 4.79 Å². The maximum absolute atomic E-state index is 12.8. The number of rotatable bonds is 33. The lowest BCUT2D eigenvalue weighted by molar-refractivity contribution is -0.131. The monoisotopic (exact) mass is 563 g/mol. The molecule has 0 unspecified atom stereocenters. The standard InChI is InChI=1S/C37H74N2O/c1-3-5-7-9-11-13-15-17-18-19-21-23-25-27-29-31-35-39(36-32-34-38)37(40)33-30-28-26-24-22-20-16-14-12-10-8-6-4-2/h17-18H,3-16,19-36,38H2,1-2H3/b18-17-. The van der Waals surface area contributed by atoms with Gasteiger partial charge in [0.1, 0.15) is 0 Å². The molecular formula is C37H74N2O. The van der Waals surface area contributed by atoms with Crippen LogP contribution in [0.2, 0.25) is 0 Å². The number of hydrogen-bond acceptors (Lipinski definition) is 2. The van der Waals surface area contributed by atoms with Gasteiger partial charge in [0, 0.05) is 19.5 Å². The average molecular weight is 563 g/mol. The maximum Gasteiger partial charge on any atom is 0.222 e. The van der Waals surface area contributed by atoms with Crippen LogP contribution in [0.25, 0.3) is 0 Å². The van der Waals surface area contributed by atoms with E-state index in [1.54, 1.807) is 0 Å². The van der Waals surface area contributed by atoms with Crippen LogP contribution >= 0.6 is 0 Å². The van der Waals surface area contributed by atoms with Crippen LogP contribution in [0.15, 0.2) is 12.2 Å². The molecule has 0 spiro atoms. The van der Waals surface area contributed by atoms with E-state index in [1.165, 1.54) is 161 Å². The minimum atomic E-state index is 0.365. The van der Waals surface area contributed by atoms with E-state index in [1.807, 2.05) is 0 Å². The second-order valence-corrected chi connectivity index (χ2v) is 12.5. The van der Waals surface area contributed by atoms with E-state index in [0.717, 1.165) is 38.8 Å². The number of nitrogens with two attached hydrogens (primary N) is 1. The van der Waals surface area contributed by atoms with Gasteiger partial charge in [0.15, 0.2) is 0 Å². The van der Waals surface area contributed by atoms with Crippen molar-refractivity contribution >= 4 is 5.91 Å². The summed E-state index contributed by atoms with van der Waals surface area (Å²) in [7, 11) is 0. The molecule has 2 N–H and O–H groups in total. The molecule has 0 aliphatic carbocycles. The van der Waals surface area contributed by atoms with Crippen molar-refractivity contribution in [3.8, 4) is 0 Å². The van der Waals surface area contributed by atoms with Crippen LogP contribution < -0.4 is 5.73 Å². The van der Waals surface area contributed by atoms with Crippen LogP contribution in [0.5, 0.6) is 0 Å². The third-order valence-electron chi connectivity index (χ3n) is 8.42. The Labute approximate surface area is 252 Å². The summed E-state index contributed by atoms with van der Waals surface area (Å²) in [5, 5.41) is 0. The molecule has 0 aromatic heterocycles. The Morgan fingerprint density at radius 3 is 1.25 bits per heavy atom. The lowest BCUT2D eigenvalue weighted by Gasteiger charge is -2.22. The van der Waals surface area contributed by atoms with Crippen LogP contribution in [0.1, 0.15) is 200 Å². The van der Waals surface area contributed by atoms with Crippen LogP contribution in [-0.2, 0) is 4.79 Å². The number of unbranched alkanes of at least 4 members (excludes halogenated alkanes) is 24. The number of carbonyl (C=O) groups is 1. The van der Waals surface area contributed by atoms with Crippen molar-refractivity contribution in [1.29, 1.82) is 0 Å². The van der Waals surface area contributed by atoms with Gasteiger partial charge in [-0.15, -0.1) is 0 Å². The minimum absolute atomic E-state index is 0.365. The molecule has 0 heterocycles. The Morgan fingerprint density at radius 1 is 0.475 bits per heavy atom. The summed E-state index contributed by atoms with van der Waals surface area (Å²) in [6.07, 6.45) is 42.6. The molecule has 3 heteroatoms. The molecule has 0 fully saturated rings. The quantitative estimate of drug-likeness (QED) is 0.0638. The van der Waals surface area contributed by atoms with E-state index in [4.69, 9.17) is 5.73 Å². The molecule has 0 aliphatic heterocycles. The highest BCUT2D eigenvalue weighted by molar-refractivity contribution is 5.76. The molecule has 0 rings (SSSR count). The van der Waals surface area contributed by atoms with Crippen molar-refractivity contribution in [3.05, 3.63) is 12.2 Å². The maximum atomic E-state index is 12.8. The van der Waals surface area contributed by atoms with E-state index < -0.39 is 0 Å². The second-order valence-electron chi connectivity index (χ2n) is 12.5. The number of amides is 1. The van der Waals surface area contributed by atoms with Gasteiger partial charge in [0.05, 0.1) is 0 Å². The summed E-state index contributed by atoms with van der Waals surface area (Å²) in [5.41, 5.74) is 5.75. The summed E-state index contributed by atoms with van der Waals surface area (Å²) in [5.74, 6) is 0.365. The minimum Gasteiger partial charge on any atom is -0.343 e. The van der Waals surface area contributed by atoms with Gasteiger partial charge in [0.25, 0.3) is 0 Å². The Morgan fingerprint density at radius 2 is 0.825 bits per heavy atom. The highest BCUT2D eigenvalue weighted by Gasteiger charge is 2.12. The highest BCUT2D eigenvalue weighted by Crippen LogP contribution is 2.14. The Bertz CT molecular complexity index is 518. The third kappa shape index (κ3) is 30.1. The van der Waals surface area contributed by atoms with Crippen molar-refractivity contribution in [3.63, 3.8) is 0 Å². The fraction of sp³-hybridized carbons (Fsp3) is 0.919. The van der Waals surface area contributed by atoms with Crippen molar-refractivity contribution < 1.29 is 4.79 Å². The summed E-state index contributed by atoms with van der Waals surface area (Å²) < 4.78 is 0. The predicted octanol–water partition coefficient (Wildman–Crippen LogP) is 11.7. The molecule has 40 heavy (non-hydrogen) atoms. The van der Waals surface area contributed by atoms with Crippen molar-refractivity contribution in [2.24, 2.45) is 5.73 Å². The summed E-state index contributed by atoms with van der Waals surface area (Å²) in [6, 6.07) is 0. The summed E-state index contributed by atoms with van der Waals surface area (Å²) in [4.78, 5) is 14.9. The Kier molecular flexibility index (Phi) is 33.7. The van der Waals surface area contributed by atoms with Crippen LogP contribution in [0.4, 0.5) is 0 Å². The number of hydrogen-bond donors (Lipinski definition) is 1. The Balaban J connectivity index is 3.65. The van der Waals surface area contributed by atoms with E-state index in [2.05, 4.69) is 30.9 Å². The van der Waals surface area contributed by atoms with Gasteiger partial charge >= 0.3 is 0 Å². The lowest BCUT2D eigenvalue weighted by atomic mass is 10.0. The molecule has 0 aromatic carbocycles. The van der Waals surface area contributed by atoms with Gasteiger partial charge < -0.3 is 10.6 Å². The fourth-order valence-corrected chi connectivity index (χ4v) is 5.65. The zero-order valence-electron chi connectivity index (χ0n) is 27.7. The molecular weight excluding hydrogens is 488 g/mol. The zero-order chi connectivity index (χ0) is 29.2. The molecule has 238 valence electrons. The third-order valence-corrected chi connectivity index (χ3v) is 8.42. The molecule has 3 nitrogen and oxygen atoms in total. The van der Waals surface area contributed by atoms with E-state index in [0.29, 0.717) is 12.5 Å². The average Bonchev–Trinajstić information content (AvgIpc) is 2.96. The lowest BCUT2D eigenvalue weighted by Crippen LogP contribution is -2.33. The molecule has 0 saturated carbocycles. The van der Waals surface area contributed by atoms with E-state index >= 15 is 0 Å². The molecule has 0 atom stereocenters. The molecule has 0 bridgehead atoms. The van der Waals surface area contributed by atoms with Crippen LogP contribution in [0, 0.1) is 0 Å². The van der Waals surface area contributed by atoms with Gasteiger partial charge in [-0.25, -0.2) is 0 Å².